The summed E-state index contributed by atoms with van der Waals surface area (Å²) in [5, 5.41) is 35.8. The van der Waals surface area contributed by atoms with Gasteiger partial charge >= 0.3 is 0 Å². The largest absolute Gasteiger partial charge is 0.508 e. The smallest absolute Gasteiger partial charge is 0.276 e. The normalized spacial score (nSPS) is 12.1. The minimum atomic E-state index is -3.47. The van der Waals surface area contributed by atoms with Gasteiger partial charge in [-0.1, -0.05) is 19.1 Å². The van der Waals surface area contributed by atoms with E-state index in [-0.39, 0.29) is 122 Å². The number of nitrogens with zero attached hydrogens (tertiary/aromatic N) is 5. The number of guanidine groups is 1. The van der Waals surface area contributed by atoms with Crippen molar-refractivity contribution in [3.05, 3.63) is 106 Å². The third-order valence-electron chi connectivity index (χ3n) is 13.3. The molecule has 0 aliphatic heterocycles. The van der Waals surface area contributed by atoms with E-state index in [0.717, 1.165) is 11.3 Å². The van der Waals surface area contributed by atoms with Crippen molar-refractivity contribution in [2.45, 2.75) is 75.1 Å². The number of nitro benzene ring substituents is 1. The van der Waals surface area contributed by atoms with Gasteiger partial charge in [0.15, 0.2) is 33.1 Å². The van der Waals surface area contributed by atoms with Crippen LogP contribution in [-0.2, 0) is 68.5 Å². The molecule has 0 saturated heterocycles. The second-order valence-corrected chi connectivity index (χ2v) is 22.7. The quantitative estimate of drug-likeness (QED) is 0.00809. The van der Waals surface area contributed by atoms with Crippen LogP contribution in [0.15, 0.2) is 105 Å². The number of ketones is 1. The summed E-state index contributed by atoms with van der Waals surface area (Å²) in [5.41, 5.74) is 14.2. The summed E-state index contributed by atoms with van der Waals surface area (Å²) in [5.74, 6) is -1.31. The van der Waals surface area contributed by atoms with Crippen molar-refractivity contribution in [1.29, 1.82) is 0 Å². The minimum Gasteiger partial charge on any atom is -0.508 e. The van der Waals surface area contributed by atoms with Crippen LogP contribution in [0.3, 0.4) is 0 Å². The number of nitrogens with one attached hydrogen (secondary N) is 2. The molecule has 2 unspecified atom stereocenters. The summed E-state index contributed by atoms with van der Waals surface area (Å²) >= 11 is 0. The number of aromatic hydroxyl groups is 1. The highest BCUT2D eigenvalue weighted by Gasteiger charge is 2.29. The number of Topliss-reactive ketones (excluding diaryl/α,β-unsaturated/α-hetero) is 1. The Kier molecular flexibility index (Phi) is 36.8. The number of hydrogen-bond donors (Lipinski definition) is 5. The Balaban J connectivity index is 0.970. The van der Waals surface area contributed by atoms with Crippen LogP contribution in [0.1, 0.15) is 68.9 Å². The molecule has 0 saturated carbocycles. The van der Waals surface area contributed by atoms with Crippen molar-refractivity contribution in [1.82, 2.24) is 10.6 Å². The first-order chi connectivity index (χ1) is 43.4. The Bertz CT molecular complexity index is 2880. The highest BCUT2D eigenvalue weighted by Crippen LogP contribution is 2.39. The van der Waals surface area contributed by atoms with E-state index in [2.05, 4.69) is 25.9 Å². The van der Waals surface area contributed by atoms with Crippen molar-refractivity contribution in [2.24, 2.45) is 26.7 Å². The number of carbonyl (C=O) groups is 3. The topological polar surface area (TPSA) is 357 Å². The molecule has 0 radical (unpaired) electrons. The van der Waals surface area contributed by atoms with Gasteiger partial charge in [0.25, 0.3) is 5.69 Å². The number of phenols is 1. The molecule has 4 aromatic carbocycles. The monoisotopic (exact) mass is 1280 g/mol. The van der Waals surface area contributed by atoms with Gasteiger partial charge in [0.1, 0.15) is 5.75 Å². The van der Waals surface area contributed by atoms with Crippen LogP contribution < -0.4 is 36.5 Å². The number of ether oxygens (including phenoxy) is 10. The average Bonchev–Trinajstić information content (AvgIpc) is 2.71. The van der Waals surface area contributed by atoms with Crippen molar-refractivity contribution in [3.8, 4) is 17.2 Å². The molecule has 0 fully saturated rings. The van der Waals surface area contributed by atoms with Crippen LogP contribution >= 0.6 is 0 Å². The molecule has 0 heterocycles. The molecule has 4 aromatic rings. The number of nitro groups is 1. The zero-order valence-corrected chi connectivity index (χ0v) is 53.0. The van der Waals surface area contributed by atoms with Crippen LogP contribution in [-0.4, -0.2) is 200 Å². The predicted molar refractivity (Wildman–Crippen MR) is 338 cm³/mol. The standard InChI is InChI=1S/C62H91N9O18S/c1-47(54-45-59(58(80-4)46-56(54)71(76)77)89-27-6-9-60(74)65-25-22-48-10-18-52(72)19-11-48)44-57(73)55(8-5-24-66-62(63)64)67-61(75)23-28-82-30-32-84-34-36-86-38-40-88-42-41-87-39-37-85-35-33-83-31-29-81-26-7-43-90(78,79)53-20-14-50(15-21-53)69-68-49-12-16-51(17-13-49)70(2)3/h10-21,45-47,55,72H,5-9,22-44H2,1-4H3,(H,65,74)(H,67,75)(H4,63,64,66). The lowest BCUT2D eigenvalue weighted by atomic mass is 9.90. The average molecular weight is 1280 g/mol. The van der Waals surface area contributed by atoms with Crippen molar-refractivity contribution >= 4 is 56.1 Å². The lowest BCUT2D eigenvalue weighted by Crippen LogP contribution is -2.41. The zero-order chi connectivity index (χ0) is 65.2. The second kappa shape index (κ2) is 44.1. The SMILES string of the molecule is COc1cc([N+](=O)[O-])c(C(C)CC(=O)C(CCCN=C(N)N)NC(=O)CCOCCOCCOCCOCCOCCOCCOCCOCCCS(=O)(=O)c2ccc(N=Nc3ccc(N(C)C)cc3)cc2)cc1OCCCC(=O)NCCc1ccc(O)cc1. The number of phenolic OH excluding ortho intramolecular Hbond substituents is 1. The Labute approximate surface area is 527 Å². The van der Waals surface area contributed by atoms with E-state index in [1.54, 1.807) is 43.3 Å². The maximum atomic E-state index is 13.8. The minimum absolute atomic E-state index is 0.0409. The maximum Gasteiger partial charge on any atom is 0.276 e. The summed E-state index contributed by atoms with van der Waals surface area (Å²) in [6, 6.07) is 22.5. The van der Waals surface area contributed by atoms with E-state index in [1.807, 2.05) is 43.3 Å². The number of azo groups is 1. The molecule has 498 valence electrons. The molecular formula is C62H91N9O18S. The third kappa shape index (κ3) is 31.9. The molecule has 0 aliphatic carbocycles. The lowest BCUT2D eigenvalue weighted by Gasteiger charge is -2.21. The Morgan fingerprint density at radius 1 is 0.656 bits per heavy atom. The molecule has 0 aliphatic rings. The Morgan fingerprint density at radius 2 is 1.18 bits per heavy atom. The highest BCUT2D eigenvalue weighted by atomic mass is 32.2. The lowest BCUT2D eigenvalue weighted by molar-refractivity contribution is -0.385. The van der Waals surface area contributed by atoms with Crippen molar-refractivity contribution in [3.63, 3.8) is 0 Å². The number of anilines is 1. The van der Waals surface area contributed by atoms with Gasteiger partial charge in [-0.2, -0.15) is 10.2 Å². The number of rotatable bonds is 51. The summed E-state index contributed by atoms with van der Waals surface area (Å²) in [6.07, 6.45) is 1.82. The summed E-state index contributed by atoms with van der Waals surface area (Å²) in [4.78, 5) is 57.2. The van der Waals surface area contributed by atoms with Gasteiger partial charge < -0.3 is 79.5 Å². The molecule has 27 nitrogen and oxygen atoms in total. The van der Waals surface area contributed by atoms with Gasteiger partial charge in [0.2, 0.25) is 11.8 Å². The van der Waals surface area contributed by atoms with Gasteiger partial charge in [0, 0.05) is 64.3 Å². The number of amides is 2. The molecule has 0 bridgehead atoms. The molecule has 2 atom stereocenters. The number of sulfone groups is 1. The summed E-state index contributed by atoms with van der Waals surface area (Å²) in [7, 11) is 1.80. The van der Waals surface area contributed by atoms with Crippen LogP contribution in [0.5, 0.6) is 17.2 Å². The van der Waals surface area contributed by atoms with E-state index < -0.39 is 32.6 Å². The first kappa shape index (κ1) is 75.1. The van der Waals surface area contributed by atoms with E-state index in [4.69, 9.17) is 58.8 Å². The molecule has 0 spiro atoms. The van der Waals surface area contributed by atoms with Gasteiger partial charge in [-0.3, -0.25) is 29.5 Å². The van der Waals surface area contributed by atoms with Crippen molar-refractivity contribution in [2.75, 3.05) is 157 Å². The molecule has 2 amide bonds. The first-order valence-electron chi connectivity index (χ1n) is 30.0. The second-order valence-electron chi connectivity index (χ2n) is 20.6. The summed E-state index contributed by atoms with van der Waals surface area (Å²) in [6.45, 7) is 7.70. The fraction of sp³-hybridized carbons (Fsp3) is 0.548. The van der Waals surface area contributed by atoms with Gasteiger partial charge in [-0.25, -0.2) is 8.42 Å². The molecule has 28 heteroatoms. The van der Waals surface area contributed by atoms with Crippen LogP contribution in [0.4, 0.5) is 22.7 Å². The highest BCUT2D eigenvalue weighted by molar-refractivity contribution is 7.91. The van der Waals surface area contributed by atoms with Crippen LogP contribution in [0.25, 0.3) is 0 Å². The molecular weight excluding hydrogens is 1190 g/mol. The van der Waals surface area contributed by atoms with E-state index >= 15 is 0 Å². The fourth-order valence-corrected chi connectivity index (χ4v) is 9.75. The third-order valence-corrected chi connectivity index (χ3v) is 15.1. The molecule has 4 rings (SSSR count). The number of hydrogen-bond acceptors (Lipinski definition) is 22. The van der Waals surface area contributed by atoms with E-state index in [9.17, 15) is 38.0 Å². The van der Waals surface area contributed by atoms with E-state index in [0.29, 0.717) is 123 Å². The zero-order valence-electron chi connectivity index (χ0n) is 52.2. The number of methoxy groups -OCH3 is 1. The fourth-order valence-electron chi connectivity index (χ4n) is 8.47. The summed E-state index contributed by atoms with van der Waals surface area (Å²) < 4.78 is 81.3. The number of aliphatic imine (C=N–C) groups is 1. The van der Waals surface area contributed by atoms with Crippen molar-refractivity contribution < 1.29 is 80.2 Å². The van der Waals surface area contributed by atoms with Crippen LogP contribution in [0.2, 0.25) is 0 Å². The Morgan fingerprint density at radius 3 is 1.69 bits per heavy atom. The van der Waals surface area contributed by atoms with Gasteiger partial charge in [0.05, 0.1) is 152 Å². The van der Waals surface area contributed by atoms with Gasteiger partial charge in [-0.15, -0.1) is 0 Å². The maximum absolute atomic E-state index is 13.8. The first-order valence-corrected chi connectivity index (χ1v) is 31.7. The van der Waals surface area contributed by atoms with Gasteiger partial charge in [-0.05, 0) is 110 Å². The number of nitrogens with two attached hydrogens (primary N) is 2. The Hall–Kier alpha value is -7.41. The van der Waals surface area contributed by atoms with E-state index in [1.165, 1.54) is 31.4 Å². The molecule has 90 heavy (non-hydrogen) atoms. The number of benzene rings is 4. The molecule has 7 N–H and O–H groups in total. The van der Waals surface area contributed by atoms with Crippen LogP contribution in [0, 0.1) is 10.1 Å². The predicted octanol–water partition coefficient (Wildman–Crippen LogP) is 6.30. The number of carbonyl (C=O) groups excluding carboxylic acids is 3. The molecule has 0 aromatic heterocycles.